The lowest BCUT2D eigenvalue weighted by Crippen LogP contribution is -2.16. The van der Waals surface area contributed by atoms with E-state index < -0.39 is 0 Å². The van der Waals surface area contributed by atoms with Gasteiger partial charge in [-0.15, -0.1) is 0 Å². The molecule has 18 heavy (non-hydrogen) atoms. The summed E-state index contributed by atoms with van der Waals surface area (Å²) < 4.78 is 0. The van der Waals surface area contributed by atoms with Crippen molar-refractivity contribution in [2.24, 2.45) is 5.73 Å². The molecule has 1 aromatic heterocycles. The molecular formula is C14H16ClN3. The molecule has 0 fully saturated rings. The summed E-state index contributed by atoms with van der Waals surface area (Å²) in [5, 5.41) is 8.86. The summed E-state index contributed by atoms with van der Waals surface area (Å²) in [5.41, 5.74) is 10.2. The van der Waals surface area contributed by atoms with Crippen molar-refractivity contribution >= 4 is 11.6 Å². The largest absolute Gasteiger partial charge is 0.324 e. The van der Waals surface area contributed by atoms with Crippen molar-refractivity contribution in [1.29, 1.82) is 0 Å². The molecule has 1 aromatic carbocycles. The molecule has 0 saturated heterocycles. The second kappa shape index (κ2) is 5.46. The van der Waals surface area contributed by atoms with E-state index in [4.69, 9.17) is 17.3 Å². The van der Waals surface area contributed by atoms with Crippen molar-refractivity contribution < 1.29 is 0 Å². The van der Waals surface area contributed by atoms with Crippen LogP contribution >= 0.6 is 11.6 Å². The van der Waals surface area contributed by atoms with Crippen molar-refractivity contribution in [2.45, 2.75) is 26.3 Å². The number of hydrogen-bond acceptors (Lipinski definition) is 3. The Balaban J connectivity index is 2.21. The van der Waals surface area contributed by atoms with E-state index in [1.807, 2.05) is 44.2 Å². The van der Waals surface area contributed by atoms with Crippen LogP contribution in [0.4, 0.5) is 0 Å². The van der Waals surface area contributed by atoms with E-state index in [0.29, 0.717) is 0 Å². The van der Waals surface area contributed by atoms with Gasteiger partial charge in [0.15, 0.2) is 0 Å². The van der Waals surface area contributed by atoms with Gasteiger partial charge in [0.1, 0.15) is 0 Å². The topological polar surface area (TPSA) is 51.8 Å². The highest BCUT2D eigenvalue weighted by Gasteiger charge is 2.11. The molecule has 4 heteroatoms. The Bertz CT molecular complexity index is 554. The van der Waals surface area contributed by atoms with E-state index in [2.05, 4.69) is 10.2 Å². The lowest BCUT2D eigenvalue weighted by atomic mass is 9.99. The van der Waals surface area contributed by atoms with Crippen molar-refractivity contribution in [3.8, 4) is 0 Å². The average molecular weight is 262 g/mol. The maximum absolute atomic E-state index is 6.24. The molecule has 0 spiro atoms. The van der Waals surface area contributed by atoms with E-state index in [-0.39, 0.29) is 6.04 Å². The zero-order valence-electron chi connectivity index (χ0n) is 10.5. The van der Waals surface area contributed by atoms with Crippen LogP contribution in [0.3, 0.4) is 0 Å². The minimum absolute atomic E-state index is 0.0855. The smallest absolute Gasteiger partial charge is 0.0648 e. The van der Waals surface area contributed by atoms with Crippen molar-refractivity contribution in [2.75, 3.05) is 0 Å². The molecule has 2 rings (SSSR count). The number of halogens is 1. The average Bonchev–Trinajstić information content (AvgIpc) is 2.32. The first-order chi connectivity index (χ1) is 8.56. The fraction of sp³-hybridized carbons (Fsp3) is 0.286. The summed E-state index contributed by atoms with van der Waals surface area (Å²) in [6, 6.07) is 9.68. The van der Waals surface area contributed by atoms with Crippen molar-refractivity contribution in [3.05, 3.63) is 57.9 Å². The molecule has 2 aromatic rings. The first-order valence-electron chi connectivity index (χ1n) is 5.87. The number of rotatable bonds is 3. The molecule has 0 saturated carbocycles. The summed E-state index contributed by atoms with van der Waals surface area (Å²) in [7, 11) is 0. The lowest BCUT2D eigenvalue weighted by molar-refractivity contribution is 0.700. The number of aromatic nitrogens is 2. The highest BCUT2D eigenvalue weighted by atomic mass is 35.5. The highest BCUT2D eigenvalue weighted by Crippen LogP contribution is 2.20. The van der Waals surface area contributed by atoms with E-state index >= 15 is 0 Å². The van der Waals surface area contributed by atoms with Gasteiger partial charge in [-0.2, -0.15) is 10.2 Å². The first-order valence-corrected chi connectivity index (χ1v) is 6.25. The quantitative estimate of drug-likeness (QED) is 0.924. The molecule has 1 heterocycles. The molecule has 0 aliphatic rings. The first kappa shape index (κ1) is 13.0. The Kier molecular flexibility index (Phi) is 3.94. The van der Waals surface area contributed by atoms with E-state index in [1.165, 1.54) is 0 Å². The van der Waals surface area contributed by atoms with E-state index in [1.54, 1.807) is 0 Å². The van der Waals surface area contributed by atoms with E-state index in [0.717, 1.165) is 34.0 Å². The van der Waals surface area contributed by atoms with Crippen molar-refractivity contribution in [3.63, 3.8) is 0 Å². The number of hydrogen-bond donors (Lipinski definition) is 1. The summed E-state index contributed by atoms with van der Waals surface area (Å²) >= 11 is 5.97. The molecule has 0 bridgehead atoms. The third-order valence-corrected chi connectivity index (χ3v) is 3.12. The van der Waals surface area contributed by atoms with Crippen LogP contribution in [0.25, 0.3) is 0 Å². The fourth-order valence-corrected chi connectivity index (χ4v) is 2.19. The molecule has 0 radical (unpaired) electrons. The maximum Gasteiger partial charge on any atom is 0.0648 e. The maximum atomic E-state index is 6.24. The van der Waals surface area contributed by atoms with Crippen LogP contribution in [0.2, 0.25) is 5.02 Å². The SMILES string of the molecule is Cc1cc(C(N)Cc2cccc(Cl)c2)c(C)nn1. The van der Waals surface area contributed by atoms with Gasteiger partial charge in [0, 0.05) is 11.1 Å². The van der Waals surface area contributed by atoms with Crippen LogP contribution in [-0.4, -0.2) is 10.2 Å². The number of nitrogens with zero attached hydrogens (tertiary/aromatic N) is 2. The summed E-state index contributed by atoms with van der Waals surface area (Å²) in [5.74, 6) is 0. The van der Waals surface area contributed by atoms with Gasteiger partial charge in [0.05, 0.1) is 11.4 Å². The Labute approximate surface area is 112 Å². The minimum atomic E-state index is -0.0855. The Morgan fingerprint density at radius 3 is 2.72 bits per heavy atom. The molecular weight excluding hydrogens is 246 g/mol. The Hall–Kier alpha value is -1.45. The molecule has 0 aliphatic heterocycles. The number of nitrogens with two attached hydrogens (primary N) is 1. The van der Waals surface area contributed by atoms with Crippen LogP contribution < -0.4 is 5.73 Å². The van der Waals surface area contributed by atoms with Gasteiger partial charge in [0.25, 0.3) is 0 Å². The molecule has 2 N–H and O–H groups in total. The van der Waals surface area contributed by atoms with Gasteiger partial charge >= 0.3 is 0 Å². The van der Waals surface area contributed by atoms with Crippen LogP contribution in [-0.2, 0) is 6.42 Å². The number of benzene rings is 1. The normalized spacial score (nSPS) is 12.4. The van der Waals surface area contributed by atoms with Crippen LogP contribution in [0.5, 0.6) is 0 Å². The summed E-state index contributed by atoms with van der Waals surface area (Å²) in [4.78, 5) is 0. The van der Waals surface area contributed by atoms with E-state index in [9.17, 15) is 0 Å². The monoisotopic (exact) mass is 261 g/mol. The summed E-state index contributed by atoms with van der Waals surface area (Å²) in [6.45, 7) is 3.85. The van der Waals surface area contributed by atoms with Gasteiger partial charge < -0.3 is 5.73 Å². The third-order valence-electron chi connectivity index (χ3n) is 2.88. The van der Waals surface area contributed by atoms with Gasteiger partial charge in [-0.25, -0.2) is 0 Å². The molecule has 0 aliphatic carbocycles. The van der Waals surface area contributed by atoms with Crippen LogP contribution in [0.1, 0.15) is 28.6 Å². The predicted octanol–water partition coefficient (Wildman–Crippen LogP) is 2.99. The lowest BCUT2D eigenvalue weighted by Gasteiger charge is -2.14. The van der Waals surface area contributed by atoms with Gasteiger partial charge in [0.2, 0.25) is 0 Å². The number of aryl methyl sites for hydroxylation is 2. The predicted molar refractivity (Wildman–Crippen MR) is 73.6 cm³/mol. The Morgan fingerprint density at radius 2 is 2.00 bits per heavy atom. The van der Waals surface area contributed by atoms with Crippen LogP contribution in [0, 0.1) is 13.8 Å². The van der Waals surface area contributed by atoms with Gasteiger partial charge in [-0.1, -0.05) is 23.7 Å². The summed E-state index contributed by atoms with van der Waals surface area (Å²) in [6.07, 6.45) is 0.743. The zero-order chi connectivity index (χ0) is 13.1. The highest BCUT2D eigenvalue weighted by molar-refractivity contribution is 6.30. The molecule has 1 atom stereocenters. The molecule has 94 valence electrons. The standard InChI is InChI=1S/C14H16ClN3/c1-9-6-13(10(2)18-17-9)14(16)8-11-4-3-5-12(15)7-11/h3-7,14H,8,16H2,1-2H3. The molecule has 1 unspecified atom stereocenters. The second-order valence-electron chi connectivity index (χ2n) is 4.47. The Morgan fingerprint density at radius 1 is 1.22 bits per heavy atom. The molecule has 0 amide bonds. The fourth-order valence-electron chi connectivity index (χ4n) is 1.97. The van der Waals surface area contributed by atoms with Gasteiger partial charge in [-0.3, -0.25) is 0 Å². The third kappa shape index (κ3) is 3.06. The zero-order valence-corrected chi connectivity index (χ0v) is 11.3. The minimum Gasteiger partial charge on any atom is -0.324 e. The van der Waals surface area contributed by atoms with Crippen molar-refractivity contribution in [1.82, 2.24) is 10.2 Å². The molecule has 3 nitrogen and oxygen atoms in total. The van der Waals surface area contributed by atoms with Crippen LogP contribution in [0.15, 0.2) is 30.3 Å². The van der Waals surface area contributed by atoms with Gasteiger partial charge in [-0.05, 0) is 49.6 Å². The second-order valence-corrected chi connectivity index (χ2v) is 4.90.